The normalized spacial score (nSPS) is 15.2. The highest BCUT2D eigenvalue weighted by Crippen LogP contribution is 2.19. The summed E-state index contributed by atoms with van der Waals surface area (Å²) >= 11 is 0. The minimum atomic E-state index is 0.555. The van der Waals surface area contributed by atoms with Gasteiger partial charge in [-0.1, -0.05) is 24.3 Å². The lowest BCUT2D eigenvalue weighted by Gasteiger charge is -2.28. The highest BCUT2D eigenvalue weighted by Gasteiger charge is 2.16. The van der Waals surface area contributed by atoms with Gasteiger partial charge in [0.25, 0.3) is 0 Å². The van der Waals surface area contributed by atoms with Crippen LogP contribution in [-0.2, 0) is 19.5 Å². The maximum absolute atomic E-state index is 5.77. The van der Waals surface area contributed by atoms with Crippen molar-refractivity contribution in [3.05, 3.63) is 53.0 Å². The second kappa shape index (κ2) is 4.97. The topological polar surface area (TPSA) is 55.0 Å². The van der Waals surface area contributed by atoms with E-state index in [4.69, 9.17) is 5.73 Å². The first-order chi connectivity index (χ1) is 9.20. The van der Waals surface area contributed by atoms with Crippen molar-refractivity contribution in [3.8, 4) is 0 Å². The van der Waals surface area contributed by atoms with Crippen molar-refractivity contribution in [2.75, 3.05) is 12.3 Å². The molecule has 98 valence electrons. The standard InChI is InChI=1S/C15H18N4/c1-11-8-14(16)18-15(17-11)10-19-7-6-12-4-2-3-5-13(12)9-19/h2-5,8H,6-7,9-10H2,1H3,(H2,16,17,18). The molecule has 0 aliphatic carbocycles. The predicted octanol–water partition coefficient (Wildman–Crippen LogP) is 1.93. The molecule has 1 aliphatic heterocycles. The molecule has 0 spiro atoms. The van der Waals surface area contributed by atoms with E-state index in [2.05, 4.69) is 39.1 Å². The second-order valence-electron chi connectivity index (χ2n) is 5.08. The highest BCUT2D eigenvalue weighted by molar-refractivity contribution is 5.30. The summed E-state index contributed by atoms with van der Waals surface area (Å²) in [5, 5.41) is 0. The number of hydrogen-bond acceptors (Lipinski definition) is 4. The van der Waals surface area contributed by atoms with Crippen molar-refractivity contribution in [1.82, 2.24) is 14.9 Å². The van der Waals surface area contributed by atoms with Crippen LogP contribution in [0.25, 0.3) is 0 Å². The molecule has 0 radical (unpaired) electrons. The number of rotatable bonds is 2. The smallest absolute Gasteiger partial charge is 0.144 e. The van der Waals surface area contributed by atoms with Gasteiger partial charge in [-0.05, 0) is 24.5 Å². The maximum Gasteiger partial charge on any atom is 0.144 e. The van der Waals surface area contributed by atoms with Gasteiger partial charge in [-0.2, -0.15) is 0 Å². The maximum atomic E-state index is 5.77. The molecule has 2 aromatic rings. The van der Waals surface area contributed by atoms with Crippen molar-refractivity contribution in [3.63, 3.8) is 0 Å². The van der Waals surface area contributed by atoms with Crippen LogP contribution in [0.1, 0.15) is 22.6 Å². The van der Waals surface area contributed by atoms with E-state index >= 15 is 0 Å². The molecule has 1 aromatic heterocycles. The lowest BCUT2D eigenvalue weighted by molar-refractivity contribution is 0.239. The van der Waals surface area contributed by atoms with Crippen LogP contribution in [0.3, 0.4) is 0 Å². The molecular weight excluding hydrogens is 236 g/mol. The van der Waals surface area contributed by atoms with Gasteiger partial charge in [0.15, 0.2) is 0 Å². The Kier molecular flexibility index (Phi) is 3.17. The molecule has 0 saturated heterocycles. The molecule has 1 aliphatic rings. The number of nitrogens with two attached hydrogens (primary N) is 1. The number of fused-ring (bicyclic) bond motifs is 1. The number of anilines is 1. The van der Waals surface area contributed by atoms with Crippen LogP contribution in [-0.4, -0.2) is 21.4 Å². The number of nitrogens with zero attached hydrogens (tertiary/aromatic N) is 3. The van der Waals surface area contributed by atoms with E-state index in [1.807, 2.05) is 6.92 Å². The zero-order valence-electron chi connectivity index (χ0n) is 11.1. The Balaban J connectivity index is 1.75. The fourth-order valence-electron chi connectivity index (χ4n) is 2.62. The van der Waals surface area contributed by atoms with E-state index in [0.29, 0.717) is 5.82 Å². The van der Waals surface area contributed by atoms with Crippen LogP contribution in [0.5, 0.6) is 0 Å². The first-order valence-corrected chi connectivity index (χ1v) is 6.60. The minimum Gasteiger partial charge on any atom is -0.384 e. The Morgan fingerprint density at radius 1 is 1.21 bits per heavy atom. The van der Waals surface area contributed by atoms with Gasteiger partial charge in [0.05, 0.1) is 6.54 Å². The van der Waals surface area contributed by atoms with Crippen molar-refractivity contribution in [1.29, 1.82) is 0 Å². The van der Waals surface area contributed by atoms with Crippen molar-refractivity contribution in [2.24, 2.45) is 0 Å². The third-order valence-corrected chi connectivity index (χ3v) is 3.50. The van der Waals surface area contributed by atoms with Gasteiger partial charge in [0.2, 0.25) is 0 Å². The van der Waals surface area contributed by atoms with Crippen LogP contribution in [0.4, 0.5) is 5.82 Å². The molecule has 3 rings (SSSR count). The van der Waals surface area contributed by atoms with Crippen LogP contribution in [0, 0.1) is 6.92 Å². The van der Waals surface area contributed by atoms with Crippen LogP contribution >= 0.6 is 0 Å². The van der Waals surface area contributed by atoms with E-state index in [0.717, 1.165) is 37.6 Å². The van der Waals surface area contributed by atoms with Gasteiger partial charge in [0.1, 0.15) is 11.6 Å². The quantitative estimate of drug-likeness (QED) is 0.889. The largest absolute Gasteiger partial charge is 0.384 e. The Morgan fingerprint density at radius 3 is 2.79 bits per heavy atom. The molecule has 0 saturated carbocycles. The van der Waals surface area contributed by atoms with Crippen LogP contribution < -0.4 is 5.73 Å². The third-order valence-electron chi connectivity index (χ3n) is 3.50. The van der Waals surface area contributed by atoms with E-state index in [1.165, 1.54) is 11.1 Å². The van der Waals surface area contributed by atoms with Crippen LogP contribution in [0.2, 0.25) is 0 Å². The zero-order chi connectivity index (χ0) is 13.2. The average Bonchev–Trinajstić information content (AvgIpc) is 2.37. The molecule has 19 heavy (non-hydrogen) atoms. The van der Waals surface area contributed by atoms with Gasteiger partial charge in [0, 0.05) is 24.8 Å². The molecular formula is C15H18N4. The van der Waals surface area contributed by atoms with E-state index in [1.54, 1.807) is 6.07 Å². The summed E-state index contributed by atoms with van der Waals surface area (Å²) in [5.41, 5.74) is 9.57. The zero-order valence-corrected chi connectivity index (χ0v) is 11.1. The molecule has 2 N–H and O–H groups in total. The summed E-state index contributed by atoms with van der Waals surface area (Å²) in [5.74, 6) is 1.37. The lowest BCUT2D eigenvalue weighted by atomic mass is 10.00. The monoisotopic (exact) mass is 254 g/mol. The fraction of sp³-hybridized carbons (Fsp3) is 0.333. The SMILES string of the molecule is Cc1cc(N)nc(CN2CCc3ccccc3C2)n1. The van der Waals surface area contributed by atoms with Gasteiger partial charge >= 0.3 is 0 Å². The van der Waals surface area contributed by atoms with Crippen molar-refractivity contribution >= 4 is 5.82 Å². The lowest BCUT2D eigenvalue weighted by Crippen LogP contribution is -2.30. The summed E-state index contributed by atoms with van der Waals surface area (Å²) in [7, 11) is 0. The molecule has 0 amide bonds. The Labute approximate surface area is 113 Å². The van der Waals surface area contributed by atoms with Crippen LogP contribution in [0.15, 0.2) is 30.3 Å². The number of aryl methyl sites for hydroxylation is 1. The number of hydrogen-bond donors (Lipinski definition) is 1. The van der Waals surface area contributed by atoms with E-state index in [9.17, 15) is 0 Å². The van der Waals surface area contributed by atoms with Gasteiger partial charge in [-0.15, -0.1) is 0 Å². The summed E-state index contributed by atoms with van der Waals surface area (Å²) < 4.78 is 0. The van der Waals surface area contributed by atoms with Gasteiger partial charge < -0.3 is 5.73 Å². The molecule has 0 atom stereocenters. The fourth-order valence-corrected chi connectivity index (χ4v) is 2.62. The van der Waals surface area contributed by atoms with Gasteiger partial charge in [-0.3, -0.25) is 4.90 Å². The molecule has 0 unspecified atom stereocenters. The molecule has 1 aromatic carbocycles. The van der Waals surface area contributed by atoms with E-state index < -0.39 is 0 Å². The first kappa shape index (κ1) is 12.1. The molecule has 2 heterocycles. The van der Waals surface area contributed by atoms with Gasteiger partial charge in [-0.25, -0.2) is 9.97 Å². The number of benzene rings is 1. The average molecular weight is 254 g/mol. The molecule has 4 heteroatoms. The molecule has 4 nitrogen and oxygen atoms in total. The molecule has 0 bridgehead atoms. The Hall–Kier alpha value is -1.94. The second-order valence-corrected chi connectivity index (χ2v) is 5.08. The predicted molar refractivity (Wildman–Crippen MR) is 75.4 cm³/mol. The van der Waals surface area contributed by atoms with Crippen molar-refractivity contribution < 1.29 is 0 Å². The highest BCUT2D eigenvalue weighted by atomic mass is 15.2. The minimum absolute atomic E-state index is 0.555. The summed E-state index contributed by atoms with van der Waals surface area (Å²) in [4.78, 5) is 11.1. The van der Waals surface area contributed by atoms with E-state index in [-0.39, 0.29) is 0 Å². The molecule has 0 fully saturated rings. The summed E-state index contributed by atoms with van der Waals surface area (Å²) in [6, 6.07) is 10.4. The van der Waals surface area contributed by atoms with Crippen molar-refractivity contribution in [2.45, 2.75) is 26.4 Å². The number of nitrogen functional groups attached to an aromatic ring is 1. The first-order valence-electron chi connectivity index (χ1n) is 6.60. The summed E-state index contributed by atoms with van der Waals surface area (Å²) in [6.07, 6.45) is 1.09. The summed E-state index contributed by atoms with van der Waals surface area (Å²) in [6.45, 7) is 4.73. The Bertz CT molecular complexity index is 574. The Morgan fingerprint density at radius 2 is 2.00 bits per heavy atom. The number of aromatic nitrogens is 2. The third kappa shape index (κ3) is 2.74.